The van der Waals surface area contributed by atoms with Gasteiger partial charge in [-0.2, -0.15) is 5.10 Å². The molecule has 1 fully saturated rings. The molecule has 1 atom stereocenters. The molecule has 1 unspecified atom stereocenters. The van der Waals surface area contributed by atoms with Crippen molar-refractivity contribution in [3.8, 4) is 5.69 Å². The van der Waals surface area contributed by atoms with Crippen molar-refractivity contribution in [3.63, 3.8) is 0 Å². The fourth-order valence-corrected chi connectivity index (χ4v) is 3.10. The second-order valence-electron chi connectivity index (χ2n) is 5.76. The lowest BCUT2D eigenvalue weighted by atomic mass is 9.78. The first-order valence-corrected chi connectivity index (χ1v) is 7.74. The summed E-state index contributed by atoms with van der Waals surface area (Å²) < 4.78 is 7.56. The second-order valence-corrected chi connectivity index (χ2v) is 5.76. The van der Waals surface area contributed by atoms with Gasteiger partial charge in [0.1, 0.15) is 0 Å². The van der Waals surface area contributed by atoms with Gasteiger partial charge in [0.25, 0.3) is 0 Å². The number of nitrogens with two attached hydrogens (primary N) is 1. The van der Waals surface area contributed by atoms with E-state index >= 15 is 0 Å². The molecule has 1 aromatic carbocycles. The Bertz CT molecular complexity index is 560. The highest BCUT2D eigenvalue weighted by Gasteiger charge is 2.31. The molecule has 3 rings (SSSR count). The Morgan fingerprint density at radius 1 is 1.29 bits per heavy atom. The molecular weight excluding hydrogens is 262 g/mol. The largest absolute Gasteiger partial charge is 0.378 e. The highest BCUT2D eigenvalue weighted by atomic mass is 16.5. The van der Waals surface area contributed by atoms with Crippen molar-refractivity contribution in [3.05, 3.63) is 48.3 Å². The van der Waals surface area contributed by atoms with Gasteiger partial charge < -0.3 is 10.5 Å². The number of benzene rings is 1. The van der Waals surface area contributed by atoms with Gasteiger partial charge in [-0.1, -0.05) is 18.2 Å². The summed E-state index contributed by atoms with van der Waals surface area (Å²) in [5, 5.41) is 4.42. The van der Waals surface area contributed by atoms with Gasteiger partial charge >= 0.3 is 0 Å². The molecule has 4 heteroatoms. The van der Waals surface area contributed by atoms with E-state index in [4.69, 9.17) is 10.5 Å². The van der Waals surface area contributed by atoms with E-state index in [-0.39, 0.29) is 6.04 Å². The zero-order valence-electron chi connectivity index (χ0n) is 12.5. The van der Waals surface area contributed by atoms with Gasteiger partial charge in [-0.15, -0.1) is 0 Å². The lowest BCUT2D eigenvalue weighted by Gasteiger charge is -2.36. The molecule has 4 nitrogen and oxygen atoms in total. The van der Waals surface area contributed by atoms with Crippen LogP contribution in [-0.2, 0) is 4.74 Å². The lowest BCUT2D eigenvalue weighted by molar-refractivity contribution is -0.0283. The molecule has 0 spiro atoms. The van der Waals surface area contributed by atoms with Crippen molar-refractivity contribution in [2.75, 3.05) is 6.61 Å². The molecule has 1 saturated carbocycles. The van der Waals surface area contributed by atoms with Crippen LogP contribution in [0, 0.1) is 5.92 Å². The molecule has 0 bridgehead atoms. The molecule has 0 amide bonds. The number of ether oxygens (including phenoxy) is 1. The molecule has 1 heterocycles. The van der Waals surface area contributed by atoms with Crippen molar-refractivity contribution in [2.45, 2.75) is 38.3 Å². The van der Waals surface area contributed by atoms with Crippen LogP contribution in [-0.4, -0.2) is 22.5 Å². The average molecular weight is 285 g/mol. The Morgan fingerprint density at radius 3 is 2.76 bits per heavy atom. The fraction of sp³-hybridized carbons (Fsp3) is 0.471. The van der Waals surface area contributed by atoms with E-state index in [9.17, 15) is 0 Å². The standard InChI is InChI=1S/C17H23N3O/c1-2-21-15-10-13(11-15)12-16(18)17-8-9-19-20(17)14-6-4-3-5-7-14/h3-9,13,15-16H,2,10-12,18H2,1H3. The van der Waals surface area contributed by atoms with Gasteiger partial charge in [0.2, 0.25) is 0 Å². The molecular formula is C17H23N3O. The molecule has 2 N–H and O–H groups in total. The second kappa shape index (κ2) is 6.41. The monoisotopic (exact) mass is 285 g/mol. The van der Waals surface area contributed by atoms with Gasteiger partial charge in [-0.25, -0.2) is 4.68 Å². The molecule has 2 aromatic rings. The number of para-hydroxylation sites is 1. The van der Waals surface area contributed by atoms with E-state index in [1.807, 2.05) is 35.1 Å². The van der Waals surface area contributed by atoms with Crippen molar-refractivity contribution >= 4 is 0 Å². The fourth-order valence-electron chi connectivity index (χ4n) is 3.10. The molecule has 1 aromatic heterocycles. The Balaban J connectivity index is 1.64. The highest BCUT2D eigenvalue weighted by molar-refractivity contribution is 5.33. The number of hydrogen-bond donors (Lipinski definition) is 1. The third kappa shape index (κ3) is 3.17. The minimum Gasteiger partial charge on any atom is -0.378 e. The zero-order valence-corrected chi connectivity index (χ0v) is 12.5. The van der Waals surface area contributed by atoms with Gasteiger partial charge in [-0.3, -0.25) is 0 Å². The predicted molar refractivity (Wildman–Crippen MR) is 83.2 cm³/mol. The van der Waals surface area contributed by atoms with Crippen LogP contribution in [0.4, 0.5) is 0 Å². The first-order valence-electron chi connectivity index (χ1n) is 7.74. The summed E-state index contributed by atoms with van der Waals surface area (Å²) in [4.78, 5) is 0. The molecule has 1 aliphatic carbocycles. The van der Waals surface area contributed by atoms with Crippen molar-refractivity contribution in [2.24, 2.45) is 11.7 Å². The first kappa shape index (κ1) is 14.3. The number of hydrogen-bond acceptors (Lipinski definition) is 3. The number of aromatic nitrogens is 2. The van der Waals surface area contributed by atoms with E-state index in [2.05, 4.69) is 24.2 Å². The predicted octanol–water partition coefficient (Wildman–Crippen LogP) is 3.08. The van der Waals surface area contributed by atoms with Crippen LogP contribution in [0.25, 0.3) is 5.69 Å². The highest BCUT2D eigenvalue weighted by Crippen LogP contribution is 2.36. The topological polar surface area (TPSA) is 53.1 Å². The Kier molecular flexibility index (Phi) is 4.36. The minimum absolute atomic E-state index is 0.0280. The van der Waals surface area contributed by atoms with Crippen LogP contribution in [0.15, 0.2) is 42.6 Å². The van der Waals surface area contributed by atoms with E-state index in [1.165, 1.54) is 0 Å². The third-order valence-electron chi connectivity index (χ3n) is 4.23. The lowest BCUT2D eigenvalue weighted by Crippen LogP contribution is -2.33. The van der Waals surface area contributed by atoms with Crippen LogP contribution >= 0.6 is 0 Å². The van der Waals surface area contributed by atoms with Crippen LogP contribution in [0.1, 0.15) is 37.9 Å². The summed E-state index contributed by atoms with van der Waals surface area (Å²) in [6, 6.07) is 12.2. The maximum Gasteiger partial charge on any atom is 0.0649 e. The Morgan fingerprint density at radius 2 is 2.05 bits per heavy atom. The van der Waals surface area contributed by atoms with Gasteiger partial charge in [0.15, 0.2) is 0 Å². The van der Waals surface area contributed by atoms with Crippen LogP contribution < -0.4 is 5.73 Å². The summed E-state index contributed by atoms with van der Waals surface area (Å²) in [6.45, 7) is 2.86. The zero-order chi connectivity index (χ0) is 14.7. The molecule has 21 heavy (non-hydrogen) atoms. The summed E-state index contributed by atoms with van der Waals surface area (Å²) in [6.07, 6.45) is 5.56. The normalized spacial score (nSPS) is 22.8. The summed E-state index contributed by atoms with van der Waals surface area (Å²) in [5.41, 5.74) is 8.55. The van der Waals surface area contributed by atoms with Crippen LogP contribution in [0.3, 0.4) is 0 Å². The van der Waals surface area contributed by atoms with Crippen molar-refractivity contribution in [1.82, 2.24) is 9.78 Å². The summed E-state index contributed by atoms with van der Waals surface area (Å²) in [5.74, 6) is 0.677. The van der Waals surface area contributed by atoms with Crippen LogP contribution in [0.5, 0.6) is 0 Å². The van der Waals surface area contributed by atoms with Crippen LogP contribution in [0.2, 0.25) is 0 Å². The van der Waals surface area contributed by atoms with Gasteiger partial charge in [0, 0.05) is 18.8 Å². The Labute approximate surface area is 125 Å². The Hall–Kier alpha value is -1.65. The van der Waals surface area contributed by atoms with Gasteiger partial charge in [0.05, 0.1) is 17.5 Å². The minimum atomic E-state index is 0.0280. The molecule has 1 aliphatic rings. The molecule has 0 aliphatic heterocycles. The SMILES string of the molecule is CCOC1CC(CC(N)c2ccnn2-c2ccccc2)C1. The van der Waals surface area contributed by atoms with E-state index in [0.717, 1.165) is 37.3 Å². The molecule has 0 saturated heterocycles. The van der Waals surface area contributed by atoms with Gasteiger partial charge in [-0.05, 0) is 50.3 Å². The van der Waals surface area contributed by atoms with Crippen molar-refractivity contribution in [1.29, 1.82) is 0 Å². The van der Waals surface area contributed by atoms with E-state index in [1.54, 1.807) is 0 Å². The van der Waals surface area contributed by atoms with Crippen molar-refractivity contribution < 1.29 is 4.74 Å². The summed E-state index contributed by atoms with van der Waals surface area (Å²) in [7, 11) is 0. The smallest absolute Gasteiger partial charge is 0.0649 e. The number of rotatable bonds is 6. The third-order valence-corrected chi connectivity index (χ3v) is 4.23. The number of nitrogens with zero attached hydrogens (tertiary/aromatic N) is 2. The molecule has 0 radical (unpaired) electrons. The van der Waals surface area contributed by atoms with E-state index in [0.29, 0.717) is 12.0 Å². The maximum atomic E-state index is 6.41. The maximum absolute atomic E-state index is 6.41. The first-order chi connectivity index (χ1) is 10.3. The average Bonchev–Trinajstić information content (AvgIpc) is 2.95. The van der Waals surface area contributed by atoms with E-state index < -0.39 is 0 Å². The summed E-state index contributed by atoms with van der Waals surface area (Å²) >= 11 is 0. The quantitative estimate of drug-likeness (QED) is 0.887. The molecule has 112 valence electrons.